The van der Waals surface area contributed by atoms with Crippen molar-refractivity contribution in [3.05, 3.63) is 28.7 Å². The van der Waals surface area contributed by atoms with E-state index >= 15 is 0 Å². The number of anilines is 1. The molecular formula is C12H15BrN2. The second kappa shape index (κ2) is 6.47. The molecule has 0 saturated carbocycles. The van der Waals surface area contributed by atoms with E-state index < -0.39 is 0 Å². The van der Waals surface area contributed by atoms with Crippen LogP contribution in [0.3, 0.4) is 0 Å². The normalized spacial score (nSPS) is 11.8. The van der Waals surface area contributed by atoms with E-state index in [1.807, 2.05) is 24.3 Å². The van der Waals surface area contributed by atoms with Crippen molar-refractivity contribution in [1.29, 1.82) is 5.26 Å². The average Bonchev–Trinajstić information content (AvgIpc) is 2.27. The van der Waals surface area contributed by atoms with E-state index in [9.17, 15) is 0 Å². The zero-order valence-corrected chi connectivity index (χ0v) is 10.4. The van der Waals surface area contributed by atoms with Gasteiger partial charge in [0.15, 0.2) is 0 Å². The van der Waals surface area contributed by atoms with Gasteiger partial charge in [-0.15, -0.1) is 0 Å². The van der Waals surface area contributed by atoms with Gasteiger partial charge in [0.05, 0.1) is 6.07 Å². The number of nitrogens with one attached hydrogen (secondary N) is 1. The molecule has 0 aliphatic carbocycles. The Morgan fingerprint density at radius 2 is 2.07 bits per heavy atom. The van der Waals surface area contributed by atoms with Crippen molar-refractivity contribution in [2.24, 2.45) is 0 Å². The Kier molecular flexibility index (Phi) is 5.20. The van der Waals surface area contributed by atoms with Gasteiger partial charge in [0.2, 0.25) is 0 Å². The SMILES string of the molecule is CCCCC(C#N)Nc1ccc(Br)cc1. The number of halogens is 1. The Balaban J connectivity index is 2.52. The van der Waals surface area contributed by atoms with Gasteiger partial charge in [0.1, 0.15) is 6.04 Å². The van der Waals surface area contributed by atoms with Gasteiger partial charge in [-0.3, -0.25) is 0 Å². The van der Waals surface area contributed by atoms with Gasteiger partial charge in [-0.25, -0.2) is 0 Å². The largest absolute Gasteiger partial charge is 0.370 e. The third kappa shape index (κ3) is 4.35. The second-order valence-corrected chi connectivity index (χ2v) is 4.39. The summed E-state index contributed by atoms with van der Waals surface area (Å²) in [6, 6.07) is 10.1. The lowest BCUT2D eigenvalue weighted by Crippen LogP contribution is -2.16. The van der Waals surface area contributed by atoms with Crippen molar-refractivity contribution >= 4 is 21.6 Å². The van der Waals surface area contributed by atoms with Crippen LogP contribution >= 0.6 is 15.9 Å². The Morgan fingerprint density at radius 3 is 2.60 bits per heavy atom. The van der Waals surface area contributed by atoms with Gasteiger partial charge in [0, 0.05) is 10.2 Å². The Hall–Kier alpha value is -1.01. The van der Waals surface area contributed by atoms with Crippen molar-refractivity contribution in [2.45, 2.75) is 32.2 Å². The van der Waals surface area contributed by atoms with Gasteiger partial charge in [-0.1, -0.05) is 35.7 Å². The smallest absolute Gasteiger partial charge is 0.114 e. The standard InChI is InChI=1S/C12H15BrN2/c1-2-3-4-12(9-14)15-11-7-5-10(13)6-8-11/h5-8,12,15H,2-4H2,1H3. The van der Waals surface area contributed by atoms with E-state index in [0.717, 1.165) is 29.4 Å². The van der Waals surface area contributed by atoms with Crippen molar-refractivity contribution < 1.29 is 0 Å². The van der Waals surface area contributed by atoms with E-state index in [4.69, 9.17) is 5.26 Å². The highest BCUT2D eigenvalue weighted by atomic mass is 79.9. The minimum Gasteiger partial charge on any atom is -0.370 e. The molecule has 1 aromatic carbocycles. The molecule has 0 saturated heterocycles. The fourth-order valence-corrected chi connectivity index (χ4v) is 1.59. The molecule has 1 unspecified atom stereocenters. The molecule has 0 aliphatic rings. The van der Waals surface area contributed by atoms with Crippen molar-refractivity contribution in [3.8, 4) is 6.07 Å². The highest BCUT2D eigenvalue weighted by Gasteiger charge is 2.05. The van der Waals surface area contributed by atoms with E-state index in [0.29, 0.717) is 0 Å². The van der Waals surface area contributed by atoms with Crippen LogP contribution in [0.4, 0.5) is 5.69 Å². The molecule has 0 spiro atoms. The van der Waals surface area contributed by atoms with Crippen molar-refractivity contribution in [1.82, 2.24) is 0 Å². The summed E-state index contributed by atoms with van der Waals surface area (Å²) in [7, 11) is 0. The van der Waals surface area contributed by atoms with E-state index in [1.54, 1.807) is 0 Å². The maximum atomic E-state index is 8.95. The first-order valence-electron chi connectivity index (χ1n) is 5.18. The zero-order valence-electron chi connectivity index (χ0n) is 8.83. The summed E-state index contributed by atoms with van der Waals surface area (Å²) in [6.07, 6.45) is 3.12. The topological polar surface area (TPSA) is 35.8 Å². The van der Waals surface area contributed by atoms with E-state index in [1.165, 1.54) is 0 Å². The highest BCUT2D eigenvalue weighted by Crippen LogP contribution is 2.16. The zero-order chi connectivity index (χ0) is 11.1. The number of hydrogen-bond acceptors (Lipinski definition) is 2. The Labute approximate surface area is 99.4 Å². The first-order chi connectivity index (χ1) is 7.26. The predicted molar refractivity (Wildman–Crippen MR) is 66.7 cm³/mol. The first kappa shape index (κ1) is 12.1. The number of hydrogen-bond donors (Lipinski definition) is 1. The van der Waals surface area contributed by atoms with Crippen LogP contribution in [0, 0.1) is 11.3 Å². The van der Waals surface area contributed by atoms with Crippen LogP contribution in [0.25, 0.3) is 0 Å². The first-order valence-corrected chi connectivity index (χ1v) is 5.97. The summed E-state index contributed by atoms with van der Waals surface area (Å²) >= 11 is 3.38. The molecule has 3 heteroatoms. The molecule has 80 valence electrons. The molecule has 1 atom stereocenters. The summed E-state index contributed by atoms with van der Waals surface area (Å²) in [5, 5.41) is 12.2. The maximum absolute atomic E-state index is 8.95. The molecule has 0 bridgehead atoms. The van der Waals surface area contributed by atoms with Crippen molar-refractivity contribution in [3.63, 3.8) is 0 Å². The van der Waals surface area contributed by atoms with Crippen LogP contribution in [0.15, 0.2) is 28.7 Å². The van der Waals surface area contributed by atoms with Gasteiger partial charge in [-0.05, 0) is 30.7 Å². The molecule has 0 heterocycles. The number of nitriles is 1. The predicted octanol–water partition coefficient (Wildman–Crippen LogP) is 3.94. The van der Waals surface area contributed by atoms with Gasteiger partial charge in [-0.2, -0.15) is 5.26 Å². The molecule has 1 rings (SSSR count). The van der Waals surface area contributed by atoms with Crippen LogP contribution in [0.2, 0.25) is 0 Å². The summed E-state index contributed by atoms with van der Waals surface area (Å²) in [4.78, 5) is 0. The average molecular weight is 267 g/mol. The molecule has 0 aromatic heterocycles. The van der Waals surface area contributed by atoms with Gasteiger partial charge >= 0.3 is 0 Å². The lowest BCUT2D eigenvalue weighted by atomic mass is 10.1. The summed E-state index contributed by atoms with van der Waals surface area (Å²) < 4.78 is 1.05. The molecule has 15 heavy (non-hydrogen) atoms. The molecule has 0 fully saturated rings. The van der Waals surface area contributed by atoms with Crippen molar-refractivity contribution in [2.75, 3.05) is 5.32 Å². The van der Waals surface area contributed by atoms with Crippen LogP contribution in [-0.2, 0) is 0 Å². The third-order valence-electron chi connectivity index (χ3n) is 2.19. The number of benzene rings is 1. The lowest BCUT2D eigenvalue weighted by molar-refractivity contribution is 0.687. The number of rotatable bonds is 5. The maximum Gasteiger partial charge on any atom is 0.114 e. The molecule has 1 aromatic rings. The summed E-state index contributed by atoms with van der Waals surface area (Å²) in [6.45, 7) is 2.13. The minimum atomic E-state index is -0.0777. The summed E-state index contributed by atoms with van der Waals surface area (Å²) in [5.74, 6) is 0. The van der Waals surface area contributed by atoms with E-state index in [-0.39, 0.29) is 6.04 Å². The number of nitrogens with zero attached hydrogens (tertiary/aromatic N) is 1. The van der Waals surface area contributed by atoms with Crippen LogP contribution in [-0.4, -0.2) is 6.04 Å². The molecule has 2 nitrogen and oxygen atoms in total. The quantitative estimate of drug-likeness (QED) is 0.876. The number of unbranched alkanes of at least 4 members (excludes halogenated alkanes) is 1. The van der Waals surface area contributed by atoms with Crippen LogP contribution in [0.5, 0.6) is 0 Å². The fraction of sp³-hybridized carbons (Fsp3) is 0.417. The Morgan fingerprint density at radius 1 is 1.40 bits per heavy atom. The lowest BCUT2D eigenvalue weighted by Gasteiger charge is -2.12. The second-order valence-electron chi connectivity index (χ2n) is 3.48. The van der Waals surface area contributed by atoms with Gasteiger partial charge in [0.25, 0.3) is 0 Å². The molecule has 0 aliphatic heterocycles. The van der Waals surface area contributed by atoms with Gasteiger partial charge < -0.3 is 5.32 Å². The minimum absolute atomic E-state index is 0.0777. The van der Waals surface area contributed by atoms with Crippen LogP contribution in [0.1, 0.15) is 26.2 Å². The fourth-order valence-electron chi connectivity index (χ4n) is 1.32. The monoisotopic (exact) mass is 266 g/mol. The molecule has 0 amide bonds. The Bertz CT molecular complexity index is 326. The molecule has 1 N–H and O–H groups in total. The molecular weight excluding hydrogens is 252 g/mol. The summed E-state index contributed by atoms with van der Waals surface area (Å²) in [5.41, 5.74) is 1.00. The molecule has 0 radical (unpaired) electrons. The van der Waals surface area contributed by atoms with E-state index in [2.05, 4.69) is 34.2 Å². The van der Waals surface area contributed by atoms with Crippen LogP contribution < -0.4 is 5.32 Å². The third-order valence-corrected chi connectivity index (χ3v) is 2.72. The highest BCUT2D eigenvalue weighted by molar-refractivity contribution is 9.10.